The molecule has 0 spiro atoms. The molecule has 8 aromatic carbocycles. The number of rotatable bonds is 6. The highest BCUT2D eigenvalue weighted by atomic mass is 15.1. The first-order chi connectivity index (χ1) is 40.0. The van der Waals surface area contributed by atoms with Gasteiger partial charge >= 0.3 is 0 Å². The highest BCUT2D eigenvalue weighted by Gasteiger charge is 2.34. The molecule has 1 heteroatoms. The average Bonchev–Trinajstić information content (AvgIpc) is 0.659. The summed E-state index contributed by atoms with van der Waals surface area (Å²) < 4.78 is 334. The van der Waals surface area contributed by atoms with Gasteiger partial charge in [-0.25, -0.2) is 0 Å². The number of hydrogen-bond acceptors (Lipinski definition) is 1. The largest absolute Gasteiger partial charge is 0.311 e. The second kappa shape index (κ2) is 12.1. The molecule has 1 aliphatic rings. The molecule has 0 saturated heterocycles. The molecule has 0 N–H and O–H groups in total. The van der Waals surface area contributed by atoms with Gasteiger partial charge in [0.05, 0.1) is 42.5 Å². The van der Waals surface area contributed by atoms with Crippen LogP contribution in [0.25, 0.3) is 55.3 Å². The fraction of sp³-hybridized carbons (Fsp3) is 0.0612. The van der Waals surface area contributed by atoms with Crippen molar-refractivity contribution in [2.24, 2.45) is 0 Å². The van der Waals surface area contributed by atoms with Crippen LogP contribution in [0, 0.1) is 0 Å². The van der Waals surface area contributed by atoms with Crippen molar-refractivity contribution in [1.82, 2.24) is 0 Å². The minimum absolute atomic E-state index is 0.221. The maximum absolute atomic E-state index is 9.96. The Bertz CT molecular complexity index is 4340. The molecule has 1 aliphatic carbocycles. The molecule has 0 unspecified atom stereocenters. The van der Waals surface area contributed by atoms with Gasteiger partial charge in [0.15, 0.2) is 0 Å². The van der Waals surface area contributed by atoms with Gasteiger partial charge in [-0.1, -0.05) is 159 Å². The molecule has 0 amide bonds. The molecule has 0 atom stereocenters. The molecule has 0 fully saturated rings. The van der Waals surface area contributed by atoms with E-state index in [1.807, 2.05) is 0 Å². The van der Waals surface area contributed by atoms with Crippen LogP contribution < -0.4 is 4.90 Å². The number of nitrogens with zero attached hydrogens (tertiary/aromatic N) is 1. The van der Waals surface area contributed by atoms with Crippen LogP contribution in [-0.2, 0) is 5.41 Å². The highest BCUT2D eigenvalue weighted by molar-refractivity contribution is 6.09. The van der Waals surface area contributed by atoms with Crippen LogP contribution >= 0.6 is 0 Å². The number of anilines is 3. The zero-order valence-corrected chi connectivity index (χ0v) is 24.9. The average molecular weight is 677 g/mol. The summed E-state index contributed by atoms with van der Waals surface area (Å²) in [5.74, 6) is 0. The molecular formula is C49H37N. The van der Waals surface area contributed by atoms with Crippen LogP contribution in [0.2, 0.25) is 0 Å². The lowest BCUT2D eigenvalue weighted by Gasteiger charge is -2.36. The zero-order chi connectivity index (χ0) is 65.6. The van der Waals surface area contributed by atoms with Crippen molar-refractivity contribution in [3.8, 4) is 44.5 Å². The van der Waals surface area contributed by atoms with Gasteiger partial charge in [0.1, 0.15) is 0 Å². The Morgan fingerprint density at radius 3 is 1.60 bits per heavy atom. The highest BCUT2D eigenvalue weighted by Crippen LogP contribution is 2.52. The fourth-order valence-electron chi connectivity index (χ4n) is 5.43. The minimum Gasteiger partial charge on any atom is -0.311 e. The summed E-state index contributed by atoms with van der Waals surface area (Å²) >= 11 is 0. The molecule has 0 radical (unpaired) electrons. The van der Waals surface area contributed by atoms with Crippen LogP contribution in [0.5, 0.6) is 0 Å². The minimum atomic E-state index is -4.12. The zero-order valence-electron chi connectivity index (χ0n) is 61.9. The third kappa shape index (κ3) is 5.02. The smallest absolute Gasteiger partial charge is 0.0645 e. The number of para-hydroxylation sites is 1. The second-order valence-electron chi connectivity index (χ2n) is 10.5. The number of benzene rings is 8. The van der Waals surface area contributed by atoms with Crippen LogP contribution in [-0.4, -0.2) is 0 Å². The van der Waals surface area contributed by atoms with Gasteiger partial charge in [0.25, 0.3) is 0 Å². The molecule has 0 saturated carbocycles. The van der Waals surface area contributed by atoms with E-state index in [4.69, 9.17) is 31.5 Å². The molecule has 238 valence electrons. The van der Waals surface area contributed by atoms with E-state index in [1.165, 1.54) is 0 Å². The van der Waals surface area contributed by atoms with Crippen molar-refractivity contribution in [1.29, 1.82) is 0 Å². The first-order valence-corrected chi connectivity index (χ1v) is 14.4. The molecule has 50 heavy (non-hydrogen) atoms. The maximum atomic E-state index is 9.96. The van der Waals surface area contributed by atoms with Gasteiger partial charge in [-0.3, -0.25) is 0 Å². The van der Waals surface area contributed by atoms with Gasteiger partial charge in [0.2, 0.25) is 0 Å². The summed E-state index contributed by atoms with van der Waals surface area (Å²) in [4.78, 5) is 0.221. The van der Waals surface area contributed by atoms with E-state index in [2.05, 4.69) is 0 Å². The maximum Gasteiger partial charge on any atom is 0.0645 e. The van der Waals surface area contributed by atoms with Gasteiger partial charge in [-0.05, 0) is 109 Å². The summed E-state index contributed by atoms with van der Waals surface area (Å²) in [6.45, 7) is -8.23. The van der Waals surface area contributed by atoms with E-state index >= 15 is 0 Å². The van der Waals surface area contributed by atoms with Crippen molar-refractivity contribution in [2.75, 3.05) is 4.90 Å². The van der Waals surface area contributed by atoms with Crippen molar-refractivity contribution in [3.05, 3.63) is 198 Å². The molecule has 0 bridgehead atoms. The molecule has 1 nitrogen and oxygen atoms in total. The molecule has 0 aromatic heterocycles. The molecule has 8 aromatic rings. The Hall–Kier alpha value is -6.18. The first-order valence-electron chi connectivity index (χ1n) is 32.9. The van der Waals surface area contributed by atoms with Gasteiger partial charge in [-0.15, -0.1) is 0 Å². The second-order valence-corrected chi connectivity index (χ2v) is 10.5. The summed E-state index contributed by atoms with van der Waals surface area (Å²) in [6.07, 6.45) is 0. The number of hydrogen-bond donors (Lipinski definition) is 0. The van der Waals surface area contributed by atoms with E-state index in [-0.39, 0.29) is 4.90 Å². The Morgan fingerprint density at radius 1 is 0.420 bits per heavy atom. The van der Waals surface area contributed by atoms with Crippen molar-refractivity contribution < 1.29 is 50.7 Å². The van der Waals surface area contributed by atoms with Gasteiger partial charge in [0, 0.05) is 30.7 Å². The van der Waals surface area contributed by atoms with E-state index in [1.54, 1.807) is 0 Å². The summed E-state index contributed by atoms with van der Waals surface area (Å²) in [7, 11) is 0. The molecule has 0 aliphatic heterocycles. The lowest BCUT2D eigenvalue weighted by atomic mass is 9.67. The van der Waals surface area contributed by atoms with Gasteiger partial charge in [-0.2, -0.15) is 0 Å². The van der Waals surface area contributed by atoms with Crippen molar-refractivity contribution in [3.63, 3.8) is 0 Å². The predicted octanol–water partition coefficient (Wildman–Crippen LogP) is 13.6. The summed E-state index contributed by atoms with van der Waals surface area (Å²) in [5, 5.41) is -2.06. The van der Waals surface area contributed by atoms with Crippen LogP contribution in [0.15, 0.2) is 187 Å². The van der Waals surface area contributed by atoms with Crippen molar-refractivity contribution in [2.45, 2.75) is 19.1 Å². The first kappa shape index (κ1) is 10.2. The van der Waals surface area contributed by atoms with Crippen LogP contribution in [0.3, 0.4) is 0 Å². The Morgan fingerprint density at radius 2 is 0.960 bits per heavy atom. The Labute approximate surface area is 346 Å². The Balaban J connectivity index is 1.55. The molecule has 0 heterocycles. The van der Waals surface area contributed by atoms with Crippen LogP contribution in [0.1, 0.15) is 75.5 Å². The monoisotopic (exact) mass is 677 g/mol. The summed E-state index contributed by atoms with van der Waals surface area (Å²) in [6, 6.07) is -37.7. The van der Waals surface area contributed by atoms with Crippen molar-refractivity contribution >= 4 is 27.8 Å². The van der Waals surface area contributed by atoms with Gasteiger partial charge < -0.3 is 4.90 Å². The van der Waals surface area contributed by atoms with E-state index in [0.717, 1.165) is 0 Å². The lowest BCUT2D eigenvalue weighted by molar-refractivity contribution is 0.645. The third-order valence-electron chi connectivity index (χ3n) is 7.63. The third-order valence-corrected chi connectivity index (χ3v) is 7.63. The molecular weight excluding hydrogens is 603 g/mol. The quantitative estimate of drug-likeness (QED) is 0.169. The standard InChI is InChI=1S/C49H37N/c1-49(2)45-32-26-39(35-15-8-4-9-16-35)33-44(45)48-43(31-25-38-17-12-20-46(49)47(38)48)37-23-29-42(30-24-37)50(40-18-10-5-11-19-40)41-27-21-36(22-28-41)34-13-6-3-7-14-34/h3-33H,1-2H3/i1D3,2D3,3D,4D,5D,6D,7D,8D,9D,10D,11D,12D,13D,14D,15D,16D,17D,18D,19D,20D,21D,22D,23D,24D,25D,26D,27D,28D,29D,30D,31D,32D,33D. The number of fused-ring (bicyclic) bond motifs is 2. The lowest BCUT2D eigenvalue weighted by Crippen LogP contribution is -2.24. The topological polar surface area (TPSA) is 3.24 Å². The predicted molar refractivity (Wildman–Crippen MR) is 213 cm³/mol. The summed E-state index contributed by atoms with van der Waals surface area (Å²) in [5.41, 5.74) is -18.9. The van der Waals surface area contributed by atoms with Crippen LogP contribution in [0.4, 0.5) is 17.1 Å². The normalized spacial score (nSPS) is 23.7. The fourth-order valence-corrected chi connectivity index (χ4v) is 5.43. The SMILES string of the molecule is [2H]c1c([2H])c([2H])c(-c2c([2H])c([2H])c(N(c3c([2H])c([2H])c([2H])c([2H])c3[2H])c3c([2H])c([2H])c(-c4c([2H])c([2H])c5c([2H])c([2H])c([2H])c6c5c4-c4c([2H])c(-c5c([2H])c([2H])c([2H])c([2H])c5[2H])c([2H])c([2H])c4C6(C([2H])([2H])[2H])C([2H])([2H])[2H])c([2H])c3[2H])c([2H])c2[2H])c([2H])c1[2H]. The van der Waals surface area contributed by atoms with E-state index in [9.17, 15) is 19.2 Å². The molecule has 9 rings (SSSR count). The van der Waals surface area contributed by atoms with E-state index in [0.29, 0.717) is 0 Å². The Kier molecular flexibility index (Phi) is 2.46. The van der Waals surface area contributed by atoms with E-state index < -0.39 is 290 Å².